The molecule has 48 heavy (non-hydrogen) atoms. The zero-order valence-corrected chi connectivity index (χ0v) is 28.5. The standard InChI is InChI=1S/C30H52N6O11S/c1-3-44-29(26(41)24(39)19(13-45-29)35-8-4-31-5-9-35)16-34-28(43)21(48-15-18(2)37)12-22(38)33-17-30-27(42)25(40)23(20(47-30)14-46-30)36-10-6-32-7-11-36/h19-21,23-27,31-32,39-42H,3-17H2,1-2H3,(H,33,38)(H,34,43)/t19-,20-,21?,23-,24-,25-,26-,27-,29-,30-/m1/s1. The lowest BCUT2D eigenvalue weighted by Gasteiger charge is -2.49. The Morgan fingerprint density at radius 1 is 0.917 bits per heavy atom. The summed E-state index contributed by atoms with van der Waals surface area (Å²) in [6, 6.07) is -0.904. The first-order valence-corrected chi connectivity index (χ1v) is 17.9. The highest BCUT2D eigenvalue weighted by atomic mass is 32.2. The molecule has 0 aromatic heterocycles. The van der Waals surface area contributed by atoms with Crippen molar-refractivity contribution in [1.29, 1.82) is 0 Å². The fourth-order valence-corrected chi connectivity index (χ4v) is 8.13. The molecular weight excluding hydrogens is 652 g/mol. The van der Waals surface area contributed by atoms with E-state index in [1.807, 2.05) is 4.90 Å². The van der Waals surface area contributed by atoms with Crippen molar-refractivity contribution in [2.75, 3.05) is 91.0 Å². The molecule has 0 aliphatic carbocycles. The third-order valence-electron chi connectivity index (χ3n) is 9.79. The van der Waals surface area contributed by atoms with Crippen LogP contribution in [0.3, 0.4) is 0 Å². The molecule has 0 aromatic rings. The largest absolute Gasteiger partial charge is 0.388 e. The Morgan fingerprint density at radius 2 is 1.58 bits per heavy atom. The van der Waals surface area contributed by atoms with Crippen molar-refractivity contribution >= 4 is 29.4 Å². The third-order valence-corrected chi connectivity index (χ3v) is 11.1. The summed E-state index contributed by atoms with van der Waals surface area (Å²) < 4.78 is 23.8. The number of Topliss-reactive ketones (excluding diaryl/α,β-unsaturated/α-hetero) is 1. The second-order valence-electron chi connectivity index (χ2n) is 13.0. The molecule has 5 fully saturated rings. The van der Waals surface area contributed by atoms with E-state index in [1.165, 1.54) is 6.92 Å². The smallest absolute Gasteiger partial charge is 0.233 e. The summed E-state index contributed by atoms with van der Waals surface area (Å²) in [7, 11) is 0. The summed E-state index contributed by atoms with van der Waals surface area (Å²) in [6.07, 6.45) is -6.09. The van der Waals surface area contributed by atoms with Gasteiger partial charge >= 0.3 is 0 Å². The Labute approximate surface area is 284 Å². The number of hydrogen-bond acceptors (Lipinski definition) is 16. The molecule has 1 unspecified atom stereocenters. The number of nitrogens with one attached hydrogen (secondary N) is 4. The number of aliphatic hydroxyl groups is 4. The number of fused-ring (bicyclic) bond motifs is 2. The normalized spacial score (nSPS) is 38.3. The minimum Gasteiger partial charge on any atom is -0.388 e. The number of carbonyl (C=O) groups excluding carboxylic acids is 3. The van der Waals surface area contributed by atoms with Gasteiger partial charge in [0.1, 0.15) is 36.3 Å². The Bertz CT molecular complexity index is 1120. The van der Waals surface area contributed by atoms with E-state index in [9.17, 15) is 34.8 Å². The van der Waals surface area contributed by atoms with Gasteiger partial charge in [-0.3, -0.25) is 24.2 Å². The molecular formula is C30H52N6O11S. The first-order valence-electron chi connectivity index (χ1n) is 16.9. The summed E-state index contributed by atoms with van der Waals surface area (Å²) >= 11 is 0.986. The van der Waals surface area contributed by atoms with Crippen molar-refractivity contribution in [2.24, 2.45) is 0 Å². The van der Waals surface area contributed by atoms with E-state index in [0.717, 1.165) is 37.9 Å². The van der Waals surface area contributed by atoms with E-state index >= 15 is 0 Å². The maximum Gasteiger partial charge on any atom is 0.233 e. The lowest BCUT2D eigenvalue weighted by atomic mass is 9.91. The molecule has 5 aliphatic heterocycles. The zero-order valence-electron chi connectivity index (χ0n) is 27.7. The Morgan fingerprint density at radius 3 is 2.23 bits per heavy atom. The zero-order chi connectivity index (χ0) is 34.5. The number of amides is 2. The molecule has 274 valence electrons. The van der Waals surface area contributed by atoms with E-state index in [0.29, 0.717) is 26.2 Å². The molecule has 5 heterocycles. The second kappa shape index (κ2) is 16.7. The van der Waals surface area contributed by atoms with E-state index in [-0.39, 0.29) is 50.9 Å². The molecule has 2 bridgehead atoms. The van der Waals surface area contributed by atoms with Gasteiger partial charge in [-0.15, -0.1) is 11.8 Å². The van der Waals surface area contributed by atoms with E-state index in [4.69, 9.17) is 18.9 Å². The van der Waals surface area contributed by atoms with Crippen molar-refractivity contribution in [2.45, 2.75) is 79.7 Å². The monoisotopic (exact) mass is 704 g/mol. The molecule has 0 radical (unpaired) electrons. The fourth-order valence-electron chi connectivity index (χ4n) is 7.19. The maximum atomic E-state index is 13.5. The SMILES string of the molecule is CCO[C@]1(CNC(=O)C(CC(=O)NC[C@@]23OC[C@@H](O2)[C@@H](N2CCNCC2)[C@@H](O)[C@H]3O)SCC(C)=O)OC[C@@H](N2CCNCC2)[C@@H](O)[C@H]1O. The van der Waals surface area contributed by atoms with Crippen LogP contribution in [-0.4, -0.2) is 198 Å². The van der Waals surface area contributed by atoms with E-state index in [2.05, 4.69) is 26.2 Å². The minimum atomic E-state index is -1.72. The van der Waals surface area contributed by atoms with Crippen molar-refractivity contribution < 1.29 is 53.8 Å². The number of carbonyl (C=O) groups is 3. The maximum absolute atomic E-state index is 13.5. The molecule has 18 heteroatoms. The lowest BCUT2D eigenvalue weighted by molar-refractivity contribution is -0.328. The first kappa shape index (κ1) is 37.7. The van der Waals surface area contributed by atoms with Crippen LogP contribution in [-0.2, 0) is 33.3 Å². The summed E-state index contributed by atoms with van der Waals surface area (Å²) in [5, 5.41) is 55.3. The number of ether oxygens (including phenoxy) is 4. The van der Waals surface area contributed by atoms with Gasteiger partial charge in [-0.25, -0.2) is 0 Å². The molecule has 5 aliphatic rings. The molecule has 2 amide bonds. The van der Waals surface area contributed by atoms with Gasteiger partial charge < -0.3 is 60.6 Å². The number of thioether (sulfide) groups is 1. The van der Waals surface area contributed by atoms with Crippen LogP contribution in [0.4, 0.5) is 0 Å². The predicted molar refractivity (Wildman–Crippen MR) is 172 cm³/mol. The highest BCUT2D eigenvalue weighted by molar-refractivity contribution is 8.01. The van der Waals surface area contributed by atoms with Crippen LogP contribution in [0.15, 0.2) is 0 Å². The number of rotatable bonds is 14. The van der Waals surface area contributed by atoms with Gasteiger partial charge in [0.05, 0.1) is 49.4 Å². The van der Waals surface area contributed by atoms with Gasteiger partial charge in [0, 0.05) is 65.4 Å². The number of nitrogens with zero attached hydrogens (tertiary/aromatic N) is 2. The van der Waals surface area contributed by atoms with Gasteiger partial charge in [-0.05, 0) is 13.8 Å². The van der Waals surface area contributed by atoms with Crippen LogP contribution in [0.2, 0.25) is 0 Å². The first-order chi connectivity index (χ1) is 23.0. The van der Waals surface area contributed by atoms with Crippen LogP contribution < -0.4 is 21.3 Å². The van der Waals surface area contributed by atoms with Crippen LogP contribution in [0.1, 0.15) is 20.3 Å². The summed E-state index contributed by atoms with van der Waals surface area (Å²) in [5.74, 6) is -4.74. The van der Waals surface area contributed by atoms with Crippen LogP contribution in [0.5, 0.6) is 0 Å². The predicted octanol–water partition coefficient (Wildman–Crippen LogP) is -4.82. The molecule has 8 N–H and O–H groups in total. The molecule has 0 aromatic carbocycles. The molecule has 10 atom stereocenters. The van der Waals surface area contributed by atoms with E-state index < -0.39 is 71.2 Å². The summed E-state index contributed by atoms with van der Waals surface area (Å²) in [4.78, 5) is 42.6. The van der Waals surface area contributed by atoms with Gasteiger partial charge in [-0.1, -0.05) is 0 Å². The van der Waals surface area contributed by atoms with E-state index in [1.54, 1.807) is 6.92 Å². The van der Waals surface area contributed by atoms with Crippen molar-refractivity contribution in [3.63, 3.8) is 0 Å². The quantitative estimate of drug-likeness (QED) is 0.0850. The Kier molecular flexibility index (Phi) is 13.1. The number of piperazine rings is 2. The lowest BCUT2D eigenvalue weighted by Crippen LogP contribution is -2.69. The third kappa shape index (κ3) is 8.33. The number of ketones is 1. The second-order valence-corrected chi connectivity index (χ2v) is 14.2. The number of hydrogen-bond donors (Lipinski definition) is 8. The number of aliphatic hydroxyl groups excluding tert-OH is 4. The van der Waals surface area contributed by atoms with Gasteiger partial charge in [0.15, 0.2) is 0 Å². The van der Waals surface area contributed by atoms with Gasteiger partial charge in [0.2, 0.25) is 23.4 Å². The van der Waals surface area contributed by atoms with Gasteiger partial charge in [-0.2, -0.15) is 0 Å². The summed E-state index contributed by atoms with van der Waals surface area (Å²) in [6.45, 7) is 8.60. The Hall–Kier alpha value is -1.52. The molecule has 5 saturated heterocycles. The van der Waals surface area contributed by atoms with Crippen LogP contribution >= 0.6 is 11.8 Å². The molecule has 5 rings (SSSR count). The van der Waals surface area contributed by atoms with Crippen molar-refractivity contribution in [3.05, 3.63) is 0 Å². The molecule has 0 saturated carbocycles. The minimum absolute atomic E-state index is 0.0255. The molecule has 17 nitrogen and oxygen atoms in total. The van der Waals surface area contributed by atoms with Gasteiger partial charge in [0.25, 0.3) is 0 Å². The Balaban J connectivity index is 1.18. The van der Waals surface area contributed by atoms with Crippen molar-refractivity contribution in [3.8, 4) is 0 Å². The average molecular weight is 705 g/mol. The highest BCUT2D eigenvalue weighted by Crippen LogP contribution is 2.39. The fraction of sp³-hybridized carbons (Fsp3) is 0.900. The van der Waals surface area contributed by atoms with Crippen LogP contribution in [0, 0.1) is 0 Å². The highest BCUT2D eigenvalue weighted by Gasteiger charge is 2.60. The topological polar surface area (TPSA) is 224 Å². The van der Waals surface area contributed by atoms with Crippen molar-refractivity contribution in [1.82, 2.24) is 31.1 Å². The van der Waals surface area contributed by atoms with Crippen LogP contribution in [0.25, 0.3) is 0 Å². The summed E-state index contributed by atoms with van der Waals surface area (Å²) in [5.41, 5.74) is 0. The molecule has 0 spiro atoms. The average Bonchev–Trinajstić information content (AvgIpc) is 3.48.